The summed E-state index contributed by atoms with van der Waals surface area (Å²) >= 11 is 0. The molecule has 2 rings (SSSR count). The molecule has 2 aliphatic rings. The van der Waals surface area contributed by atoms with E-state index in [0.717, 1.165) is 23.9 Å². The van der Waals surface area contributed by atoms with Crippen LogP contribution in [0.25, 0.3) is 0 Å². The van der Waals surface area contributed by atoms with Crippen LogP contribution >= 0.6 is 0 Å². The minimum atomic E-state index is 0.734. The van der Waals surface area contributed by atoms with Crippen molar-refractivity contribution in [2.24, 2.45) is 11.8 Å². The van der Waals surface area contributed by atoms with E-state index in [1.54, 1.807) is 0 Å². The fraction of sp³-hybridized carbons (Fsp3) is 1.00. The number of hydrogen-bond acceptors (Lipinski definition) is 2. The van der Waals surface area contributed by atoms with Gasteiger partial charge in [0.2, 0.25) is 0 Å². The third-order valence-electron chi connectivity index (χ3n) is 4.50. The molecule has 0 aromatic heterocycles. The highest BCUT2D eigenvalue weighted by Crippen LogP contribution is 2.25. The van der Waals surface area contributed by atoms with Gasteiger partial charge in [-0.1, -0.05) is 6.92 Å². The summed E-state index contributed by atoms with van der Waals surface area (Å²) < 4.78 is 0. The molecule has 0 amide bonds. The standard InChI is InChI=1S/C14H28N2/c1-11-5-7-16(13(3)8-11)10-14-4-6-15-12(2)9-14/h11-15H,4-10H2,1-3H3. The fourth-order valence-corrected chi connectivity index (χ4v) is 3.46. The van der Waals surface area contributed by atoms with Crippen molar-refractivity contribution < 1.29 is 0 Å². The van der Waals surface area contributed by atoms with Crippen LogP contribution in [0.5, 0.6) is 0 Å². The Balaban J connectivity index is 1.80. The van der Waals surface area contributed by atoms with Gasteiger partial charge in [0, 0.05) is 18.6 Å². The SMILES string of the molecule is CC1CCN(CC2CCNC(C)C2)C(C)C1. The summed E-state index contributed by atoms with van der Waals surface area (Å²) in [4.78, 5) is 2.74. The summed E-state index contributed by atoms with van der Waals surface area (Å²) in [6.07, 6.45) is 5.56. The number of nitrogens with zero attached hydrogens (tertiary/aromatic N) is 1. The Bertz CT molecular complexity index is 217. The van der Waals surface area contributed by atoms with E-state index in [9.17, 15) is 0 Å². The van der Waals surface area contributed by atoms with Gasteiger partial charge in [0.1, 0.15) is 0 Å². The van der Waals surface area contributed by atoms with E-state index < -0.39 is 0 Å². The molecule has 4 atom stereocenters. The van der Waals surface area contributed by atoms with Gasteiger partial charge < -0.3 is 10.2 Å². The molecule has 0 radical (unpaired) electrons. The van der Waals surface area contributed by atoms with E-state index >= 15 is 0 Å². The van der Waals surface area contributed by atoms with E-state index in [0.29, 0.717) is 0 Å². The third-order valence-corrected chi connectivity index (χ3v) is 4.50. The first kappa shape index (κ1) is 12.4. The van der Waals surface area contributed by atoms with Crippen LogP contribution in [-0.4, -0.2) is 36.6 Å². The van der Waals surface area contributed by atoms with Crippen molar-refractivity contribution in [3.63, 3.8) is 0 Å². The number of nitrogens with one attached hydrogen (secondary N) is 1. The zero-order valence-electron chi connectivity index (χ0n) is 11.2. The van der Waals surface area contributed by atoms with E-state index in [2.05, 4.69) is 31.0 Å². The molecular formula is C14H28N2. The number of rotatable bonds is 2. The largest absolute Gasteiger partial charge is 0.314 e. The summed E-state index contributed by atoms with van der Waals surface area (Å²) in [5, 5.41) is 3.55. The van der Waals surface area contributed by atoms with Crippen LogP contribution in [0, 0.1) is 11.8 Å². The second-order valence-corrected chi connectivity index (χ2v) is 6.22. The highest BCUT2D eigenvalue weighted by atomic mass is 15.2. The monoisotopic (exact) mass is 224 g/mol. The molecule has 2 heterocycles. The van der Waals surface area contributed by atoms with Crippen molar-refractivity contribution in [2.75, 3.05) is 19.6 Å². The van der Waals surface area contributed by atoms with E-state index in [-0.39, 0.29) is 0 Å². The van der Waals surface area contributed by atoms with Gasteiger partial charge in [0.15, 0.2) is 0 Å². The Hall–Kier alpha value is -0.0800. The van der Waals surface area contributed by atoms with Gasteiger partial charge in [0.25, 0.3) is 0 Å². The quantitative estimate of drug-likeness (QED) is 0.775. The average Bonchev–Trinajstić information content (AvgIpc) is 2.22. The molecular weight excluding hydrogens is 196 g/mol. The molecule has 4 unspecified atom stereocenters. The van der Waals surface area contributed by atoms with E-state index in [1.165, 1.54) is 45.3 Å². The topological polar surface area (TPSA) is 15.3 Å². The van der Waals surface area contributed by atoms with Crippen molar-refractivity contribution in [3.8, 4) is 0 Å². The van der Waals surface area contributed by atoms with Gasteiger partial charge >= 0.3 is 0 Å². The molecule has 0 spiro atoms. The minimum Gasteiger partial charge on any atom is -0.314 e. The lowest BCUT2D eigenvalue weighted by Crippen LogP contribution is -2.46. The number of piperidine rings is 2. The lowest BCUT2D eigenvalue weighted by molar-refractivity contribution is 0.0973. The van der Waals surface area contributed by atoms with Gasteiger partial charge in [-0.05, 0) is 64.5 Å². The highest BCUT2D eigenvalue weighted by Gasteiger charge is 2.26. The average molecular weight is 224 g/mol. The zero-order valence-corrected chi connectivity index (χ0v) is 11.2. The molecule has 0 aliphatic carbocycles. The molecule has 2 saturated heterocycles. The molecule has 0 aromatic rings. The van der Waals surface area contributed by atoms with Crippen molar-refractivity contribution in [2.45, 2.75) is 58.5 Å². The van der Waals surface area contributed by atoms with Crippen LogP contribution in [0.1, 0.15) is 46.5 Å². The molecule has 2 aliphatic heterocycles. The summed E-state index contributed by atoms with van der Waals surface area (Å²) in [7, 11) is 0. The molecule has 94 valence electrons. The summed E-state index contributed by atoms with van der Waals surface area (Å²) in [5.41, 5.74) is 0. The molecule has 2 fully saturated rings. The third kappa shape index (κ3) is 3.21. The van der Waals surface area contributed by atoms with Gasteiger partial charge in [-0.2, -0.15) is 0 Å². The van der Waals surface area contributed by atoms with Crippen LogP contribution < -0.4 is 5.32 Å². The Morgan fingerprint density at radius 2 is 1.94 bits per heavy atom. The van der Waals surface area contributed by atoms with Crippen molar-refractivity contribution >= 4 is 0 Å². The fourth-order valence-electron chi connectivity index (χ4n) is 3.46. The second kappa shape index (κ2) is 5.50. The molecule has 0 aromatic carbocycles. The van der Waals surface area contributed by atoms with Crippen LogP contribution in [0.3, 0.4) is 0 Å². The van der Waals surface area contributed by atoms with Crippen LogP contribution in [0.2, 0.25) is 0 Å². The lowest BCUT2D eigenvalue weighted by atomic mass is 9.89. The first-order chi connectivity index (χ1) is 7.65. The molecule has 2 nitrogen and oxygen atoms in total. The zero-order chi connectivity index (χ0) is 11.5. The predicted octanol–water partition coefficient (Wildman–Crippen LogP) is 2.49. The summed E-state index contributed by atoms with van der Waals surface area (Å²) in [6.45, 7) is 11.1. The normalized spacial score (nSPS) is 42.2. The maximum absolute atomic E-state index is 3.55. The number of likely N-dealkylation sites (tertiary alicyclic amines) is 1. The van der Waals surface area contributed by atoms with Gasteiger partial charge in [-0.15, -0.1) is 0 Å². The predicted molar refractivity (Wildman–Crippen MR) is 69.6 cm³/mol. The summed E-state index contributed by atoms with van der Waals surface area (Å²) in [6, 6.07) is 1.55. The maximum atomic E-state index is 3.55. The second-order valence-electron chi connectivity index (χ2n) is 6.22. The molecule has 16 heavy (non-hydrogen) atoms. The molecule has 0 saturated carbocycles. The van der Waals surface area contributed by atoms with Crippen molar-refractivity contribution in [1.29, 1.82) is 0 Å². The minimum absolute atomic E-state index is 0.734. The first-order valence-electron chi connectivity index (χ1n) is 7.12. The Labute approximate surface area is 101 Å². The maximum Gasteiger partial charge on any atom is 0.00695 e. The Morgan fingerprint density at radius 1 is 1.12 bits per heavy atom. The lowest BCUT2D eigenvalue weighted by Gasteiger charge is -2.40. The smallest absolute Gasteiger partial charge is 0.00695 e. The van der Waals surface area contributed by atoms with Crippen LogP contribution in [0.15, 0.2) is 0 Å². The van der Waals surface area contributed by atoms with E-state index in [1.807, 2.05) is 0 Å². The highest BCUT2D eigenvalue weighted by molar-refractivity contribution is 4.82. The summed E-state index contributed by atoms with van der Waals surface area (Å²) in [5.74, 6) is 1.88. The van der Waals surface area contributed by atoms with Crippen molar-refractivity contribution in [3.05, 3.63) is 0 Å². The van der Waals surface area contributed by atoms with Crippen LogP contribution in [0.4, 0.5) is 0 Å². The van der Waals surface area contributed by atoms with Gasteiger partial charge in [-0.3, -0.25) is 0 Å². The molecule has 2 heteroatoms. The van der Waals surface area contributed by atoms with Crippen LogP contribution in [-0.2, 0) is 0 Å². The molecule has 1 N–H and O–H groups in total. The number of hydrogen-bond donors (Lipinski definition) is 1. The Morgan fingerprint density at radius 3 is 2.62 bits per heavy atom. The van der Waals surface area contributed by atoms with Gasteiger partial charge in [-0.25, -0.2) is 0 Å². The van der Waals surface area contributed by atoms with E-state index in [4.69, 9.17) is 0 Å². The first-order valence-corrected chi connectivity index (χ1v) is 7.12. The van der Waals surface area contributed by atoms with Gasteiger partial charge in [0.05, 0.1) is 0 Å². The Kier molecular flexibility index (Phi) is 4.26. The van der Waals surface area contributed by atoms with Crippen molar-refractivity contribution in [1.82, 2.24) is 10.2 Å². The molecule has 0 bridgehead atoms.